The standard InChI is InChI=1S/C21H38BN5O2/c1-23-19-12-16(13-22)25-21(26-19)24-15-10-17(14-4-3-6-27(2)7-5-14)20-18(11-15)28-8-9-29-20/h5,15-21,23-26H,3-4,6-13H2,1-2H3. The normalized spacial score (nSPS) is 42.0. The SMILES string of the molecule is [B]CC1CC(NC)NC(NC2CC3OCCOC3C(C3=CCN(C)CCC3)C2)N1. The van der Waals surface area contributed by atoms with Gasteiger partial charge in [-0.15, -0.1) is 0 Å². The Morgan fingerprint density at radius 3 is 2.90 bits per heavy atom. The van der Waals surface area contributed by atoms with Crippen LogP contribution in [0.15, 0.2) is 11.6 Å². The number of hydrogen-bond donors (Lipinski definition) is 4. The molecule has 0 bridgehead atoms. The van der Waals surface area contributed by atoms with Crippen molar-refractivity contribution in [3.05, 3.63) is 11.6 Å². The Morgan fingerprint density at radius 2 is 2.07 bits per heavy atom. The molecule has 0 spiro atoms. The molecule has 4 aliphatic rings. The molecule has 4 rings (SSSR count). The Balaban J connectivity index is 1.45. The highest BCUT2D eigenvalue weighted by atomic mass is 16.6. The minimum atomic E-state index is 0.0516. The van der Waals surface area contributed by atoms with Crippen LogP contribution < -0.4 is 21.3 Å². The molecule has 7 unspecified atom stereocenters. The summed E-state index contributed by atoms with van der Waals surface area (Å²) in [5, 5.41) is 14.4. The second-order valence-corrected chi connectivity index (χ2v) is 9.11. The van der Waals surface area contributed by atoms with E-state index < -0.39 is 0 Å². The van der Waals surface area contributed by atoms with Gasteiger partial charge in [0, 0.05) is 24.5 Å². The van der Waals surface area contributed by atoms with Crippen LogP contribution in [0.1, 0.15) is 32.1 Å². The maximum Gasteiger partial charge on any atom is 0.113 e. The third kappa shape index (κ3) is 5.42. The number of ether oxygens (including phenoxy) is 2. The van der Waals surface area contributed by atoms with Crippen LogP contribution in [-0.4, -0.2) is 89.9 Å². The van der Waals surface area contributed by atoms with Gasteiger partial charge in [0.15, 0.2) is 0 Å². The third-order valence-electron chi connectivity index (χ3n) is 7.02. The number of likely N-dealkylation sites (N-methyl/N-ethyl adjacent to an activating group) is 1. The molecule has 29 heavy (non-hydrogen) atoms. The number of rotatable bonds is 5. The summed E-state index contributed by atoms with van der Waals surface area (Å²) in [5.41, 5.74) is 1.57. The number of nitrogens with one attached hydrogen (secondary N) is 4. The van der Waals surface area contributed by atoms with Crippen molar-refractivity contribution in [2.24, 2.45) is 5.92 Å². The first-order valence-corrected chi connectivity index (χ1v) is 11.4. The van der Waals surface area contributed by atoms with Crippen molar-refractivity contribution in [2.75, 3.05) is 40.4 Å². The maximum absolute atomic E-state index is 6.26. The van der Waals surface area contributed by atoms with E-state index >= 15 is 0 Å². The molecule has 3 heterocycles. The molecule has 0 aromatic carbocycles. The predicted octanol–water partition coefficient (Wildman–Crippen LogP) is 0.158. The molecule has 2 saturated heterocycles. The molecule has 0 aromatic heterocycles. The molecule has 7 nitrogen and oxygen atoms in total. The lowest BCUT2D eigenvalue weighted by Crippen LogP contribution is -2.69. The number of hydrogen-bond acceptors (Lipinski definition) is 7. The first-order chi connectivity index (χ1) is 14.2. The summed E-state index contributed by atoms with van der Waals surface area (Å²) < 4.78 is 12.4. The summed E-state index contributed by atoms with van der Waals surface area (Å²) in [6.07, 6.45) is 9.26. The number of nitrogens with zero attached hydrogens (tertiary/aromatic N) is 1. The van der Waals surface area contributed by atoms with Gasteiger partial charge >= 0.3 is 0 Å². The van der Waals surface area contributed by atoms with E-state index in [2.05, 4.69) is 39.3 Å². The molecule has 3 aliphatic heterocycles. The maximum atomic E-state index is 6.26. The summed E-state index contributed by atoms with van der Waals surface area (Å²) in [7, 11) is 10.2. The van der Waals surface area contributed by atoms with E-state index in [0.717, 1.165) is 32.4 Å². The Hall–Kier alpha value is -0.475. The Bertz CT molecular complexity index is 553. The molecule has 4 N–H and O–H groups in total. The Kier molecular flexibility index (Phi) is 7.67. The van der Waals surface area contributed by atoms with Gasteiger partial charge in [-0.05, 0) is 52.7 Å². The van der Waals surface area contributed by atoms with E-state index in [1.54, 1.807) is 5.57 Å². The summed E-state index contributed by atoms with van der Waals surface area (Å²) >= 11 is 0. The van der Waals surface area contributed by atoms with Crippen molar-refractivity contribution >= 4 is 7.85 Å². The van der Waals surface area contributed by atoms with Crippen LogP contribution in [-0.2, 0) is 9.47 Å². The third-order valence-corrected chi connectivity index (χ3v) is 7.02. The highest BCUT2D eigenvalue weighted by molar-refractivity contribution is 6.08. The first-order valence-electron chi connectivity index (χ1n) is 11.4. The van der Waals surface area contributed by atoms with E-state index in [-0.39, 0.29) is 24.7 Å². The number of fused-ring (bicyclic) bond motifs is 1. The van der Waals surface area contributed by atoms with Gasteiger partial charge in [0.2, 0.25) is 0 Å². The van der Waals surface area contributed by atoms with E-state index in [4.69, 9.17) is 17.3 Å². The van der Waals surface area contributed by atoms with Gasteiger partial charge in [-0.1, -0.05) is 18.0 Å². The van der Waals surface area contributed by atoms with Crippen LogP contribution >= 0.6 is 0 Å². The molecular weight excluding hydrogens is 365 g/mol. The molecular formula is C21H38BN5O2. The Labute approximate surface area is 177 Å². The van der Waals surface area contributed by atoms with Crippen molar-refractivity contribution in [1.29, 1.82) is 0 Å². The highest BCUT2D eigenvalue weighted by Gasteiger charge is 2.43. The van der Waals surface area contributed by atoms with Gasteiger partial charge in [0.05, 0.1) is 39.4 Å². The van der Waals surface area contributed by atoms with Gasteiger partial charge in [-0.3, -0.25) is 16.0 Å². The summed E-state index contributed by atoms with van der Waals surface area (Å²) in [6.45, 7) is 3.63. The molecule has 2 radical (unpaired) electrons. The molecule has 0 amide bonds. The van der Waals surface area contributed by atoms with Crippen LogP contribution in [0.5, 0.6) is 0 Å². The molecule has 1 saturated carbocycles. The van der Waals surface area contributed by atoms with Gasteiger partial charge in [-0.2, -0.15) is 0 Å². The monoisotopic (exact) mass is 403 g/mol. The average molecular weight is 403 g/mol. The molecule has 7 atom stereocenters. The predicted molar refractivity (Wildman–Crippen MR) is 116 cm³/mol. The van der Waals surface area contributed by atoms with Gasteiger partial charge in [-0.25, -0.2) is 0 Å². The summed E-state index contributed by atoms with van der Waals surface area (Å²) in [4.78, 5) is 2.40. The Morgan fingerprint density at radius 1 is 1.21 bits per heavy atom. The zero-order valence-corrected chi connectivity index (χ0v) is 18.0. The van der Waals surface area contributed by atoms with Crippen LogP contribution in [0.3, 0.4) is 0 Å². The van der Waals surface area contributed by atoms with Crippen molar-refractivity contribution < 1.29 is 9.47 Å². The topological polar surface area (TPSA) is 69.8 Å². The largest absolute Gasteiger partial charge is 0.373 e. The fourth-order valence-electron chi connectivity index (χ4n) is 5.44. The fourth-order valence-corrected chi connectivity index (χ4v) is 5.44. The highest BCUT2D eigenvalue weighted by Crippen LogP contribution is 2.38. The summed E-state index contributed by atoms with van der Waals surface area (Å²) in [6, 6.07) is 0.691. The lowest BCUT2D eigenvalue weighted by atomic mass is 9.75. The second kappa shape index (κ2) is 10.2. The average Bonchev–Trinajstić information content (AvgIpc) is 2.97. The fraction of sp³-hybridized carbons (Fsp3) is 0.905. The zero-order valence-electron chi connectivity index (χ0n) is 18.0. The van der Waals surface area contributed by atoms with Crippen molar-refractivity contribution in [2.45, 2.75) is 75.2 Å². The van der Waals surface area contributed by atoms with Crippen LogP contribution in [0.25, 0.3) is 0 Å². The van der Waals surface area contributed by atoms with Gasteiger partial charge < -0.3 is 19.7 Å². The van der Waals surface area contributed by atoms with E-state index in [1.807, 2.05) is 7.05 Å². The smallest absolute Gasteiger partial charge is 0.113 e. The lowest BCUT2D eigenvalue weighted by molar-refractivity contribution is -0.173. The summed E-state index contributed by atoms with van der Waals surface area (Å²) in [5.74, 6) is 0.437. The quantitative estimate of drug-likeness (QED) is 0.385. The molecule has 0 aromatic rings. The van der Waals surface area contributed by atoms with Gasteiger partial charge in [0.1, 0.15) is 6.29 Å². The van der Waals surface area contributed by atoms with Crippen molar-refractivity contribution in [3.63, 3.8) is 0 Å². The molecule has 8 heteroatoms. The lowest BCUT2D eigenvalue weighted by Gasteiger charge is -2.47. The van der Waals surface area contributed by atoms with Crippen LogP contribution in [0, 0.1) is 5.92 Å². The first kappa shape index (κ1) is 21.7. The van der Waals surface area contributed by atoms with Crippen molar-refractivity contribution in [1.82, 2.24) is 26.2 Å². The molecule has 1 aliphatic carbocycles. The van der Waals surface area contributed by atoms with Crippen LogP contribution in [0.4, 0.5) is 0 Å². The van der Waals surface area contributed by atoms with Crippen molar-refractivity contribution in [3.8, 4) is 0 Å². The van der Waals surface area contributed by atoms with E-state index in [1.165, 1.54) is 19.4 Å². The second-order valence-electron chi connectivity index (χ2n) is 9.11. The molecule has 3 fully saturated rings. The zero-order chi connectivity index (χ0) is 20.2. The van der Waals surface area contributed by atoms with Crippen LogP contribution in [0.2, 0.25) is 6.32 Å². The van der Waals surface area contributed by atoms with E-state index in [0.29, 0.717) is 30.9 Å². The van der Waals surface area contributed by atoms with Gasteiger partial charge in [0.25, 0.3) is 0 Å². The minimum Gasteiger partial charge on any atom is -0.373 e. The van der Waals surface area contributed by atoms with E-state index in [9.17, 15) is 0 Å². The minimum absolute atomic E-state index is 0.0516. The molecule has 162 valence electrons.